The first-order chi connectivity index (χ1) is 6.70. The summed E-state index contributed by atoms with van der Waals surface area (Å²) in [4.78, 5) is 12.6. The molecule has 0 unspecified atom stereocenters. The van der Waals surface area contributed by atoms with Crippen LogP contribution < -0.4 is 5.73 Å². The molecule has 14 heavy (non-hydrogen) atoms. The lowest BCUT2D eigenvalue weighted by atomic mass is 10.3. The van der Waals surface area contributed by atoms with E-state index in [1.54, 1.807) is 0 Å². The van der Waals surface area contributed by atoms with Gasteiger partial charge in [0.25, 0.3) is 0 Å². The van der Waals surface area contributed by atoms with Gasteiger partial charge in [-0.3, -0.25) is 9.78 Å². The Morgan fingerprint density at radius 1 is 1.57 bits per heavy atom. The predicted molar refractivity (Wildman–Crippen MR) is 55.7 cm³/mol. The second kappa shape index (κ2) is 4.41. The van der Waals surface area contributed by atoms with Gasteiger partial charge in [-0.1, -0.05) is 0 Å². The molecule has 2 aromatic rings. The van der Waals surface area contributed by atoms with Crippen LogP contribution in [0.15, 0.2) is 24.5 Å². The van der Waals surface area contributed by atoms with Crippen LogP contribution in [0.5, 0.6) is 0 Å². The standard InChI is InChI=1S/C9H10N2.CH3NO/c1-7-5-8-3-4-10-6-9(8)11(7)2;2-1-3/h3-6H,1-2H3;1H,(H2,2,3). The van der Waals surface area contributed by atoms with E-state index in [4.69, 9.17) is 4.79 Å². The van der Waals surface area contributed by atoms with Gasteiger partial charge in [-0.2, -0.15) is 0 Å². The highest BCUT2D eigenvalue weighted by Crippen LogP contribution is 2.15. The van der Waals surface area contributed by atoms with Crippen LogP contribution in [-0.4, -0.2) is 16.0 Å². The molecule has 0 aliphatic carbocycles. The van der Waals surface area contributed by atoms with Gasteiger partial charge >= 0.3 is 0 Å². The lowest BCUT2D eigenvalue weighted by Gasteiger charge is -1.95. The van der Waals surface area contributed by atoms with E-state index in [2.05, 4.69) is 35.3 Å². The number of carbonyl (C=O) groups is 1. The molecule has 0 saturated carbocycles. The van der Waals surface area contributed by atoms with Crippen LogP contribution in [0.4, 0.5) is 0 Å². The van der Waals surface area contributed by atoms with E-state index in [1.807, 2.05) is 18.5 Å². The average Bonchev–Trinajstić information content (AvgIpc) is 2.45. The molecular weight excluding hydrogens is 178 g/mol. The first kappa shape index (κ1) is 10.2. The number of rotatable bonds is 0. The fourth-order valence-corrected chi connectivity index (χ4v) is 1.31. The predicted octanol–water partition coefficient (Wildman–Crippen LogP) is 0.983. The maximum Gasteiger partial charge on any atom is 0.204 e. The number of aryl methyl sites for hydroxylation is 2. The van der Waals surface area contributed by atoms with Crippen LogP contribution in [0.2, 0.25) is 0 Å². The molecule has 2 heterocycles. The van der Waals surface area contributed by atoms with Crippen molar-refractivity contribution >= 4 is 17.3 Å². The lowest BCUT2D eigenvalue weighted by Crippen LogP contribution is -1.88. The molecule has 0 radical (unpaired) electrons. The molecule has 0 aliphatic rings. The summed E-state index contributed by atoms with van der Waals surface area (Å²) in [7, 11) is 2.05. The van der Waals surface area contributed by atoms with Crippen LogP contribution in [0.25, 0.3) is 10.9 Å². The van der Waals surface area contributed by atoms with Gasteiger partial charge in [-0.15, -0.1) is 0 Å². The zero-order chi connectivity index (χ0) is 10.6. The summed E-state index contributed by atoms with van der Waals surface area (Å²) in [5.74, 6) is 0. The number of hydrogen-bond donors (Lipinski definition) is 1. The lowest BCUT2D eigenvalue weighted by molar-refractivity contribution is -0.106. The number of fused-ring (bicyclic) bond motifs is 1. The molecule has 0 atom stereocenters. The molecule has 0 aliphatic heterocycles. The first-order valence-electron chi connectivity index (χ1n) is 4.22. The Kier molecular flexibility index (Phi) is 3.23. The minimum Gasteiger partial charge on any atom is -0.372 e. The second-order valence-corrected chi connectivity index (χ2v) is 2.92. The molecule has 0 aromatic carbocycles. The minimum absolute atomic E-state index is 0.250. The molecule has 2 rings (SSSR count). The van der Waals surface area contributed by atoms with E-state index in [-0.39, 0.29) is 6.41 Å². The maximum atomic E-state index is 8.58. The second-order valence-electron chi connectivity index (χ2n) is 2.92. The Balaban J connectivity index is 0.000000293. The Morgan fingerprint density at radius 3 is 2.79 bits per heavy atom. The number of nitrogens with two attached hydrogens (primary N) is 1. The summed E-state index contributed by atoms with van der Waals surface area (Å²) in [6.45, 7) is 2.10. The third-order valence-electron chi connectivity index (χ3n) is 2.09. The molecule has 74 valence electrons. The third-order valence-corrected chi connectivity index (χ3v) is 2.09. The van der Waals surface area contributed by atoms with Crippen LogP contribution in [0.1, 0.15) is 5.69 Å². The van der Waals surface area contributed by atoms with Crippen molar-refractivity contribution in [1.82, 2.24) is 9.55 Å². The summed E-state index contributed by atoms with van der Waals surface area (Å²) in [5, 5.41) is 1.26. The van der Waals surface area contributed by atoms with Gasteiger partial charge in [0.1, 0.15) is 0 Å². The van der Waals surface area contributed by atoms with E-state index >= 15 is 0 Å². The van der Waals surface area contributed by atoms with Gasteiger partial charge < -0.3 is 10.3 Å². The number of primary amides is 1. The monoisotopic (exact) mass is 191 g/mol. The minimum atomic E-state index is 0.250. The van der Waals surface area contributed by atoms with Crippen molar-refractivity contribution in [3.05, 3.63) is 30.2 Å². The Labute approximate surface area is 82.4 Å². The van der Waals surface area contributed by atoms with Gasteiger partial charge in [0.05, 0.1) is 11.7 Å². The molecule has 0 saturated heterocycles. The molecule has 2 N–H and O–H groups in total. The van der Waals surface area contributed by atoms with Crippen molar-refractivity contribution in [3.8, 4) is 0 Å². The van der Waals surface area contributed by atoms with Gasteiger partial charge in [-0.25, -0.2) is 0 Å². The van der Waals surface area contributed by atoms with Crippen molar-refractivity contribution in [2.45, 2.75) is 6.92 Å². The Bertz CT molecular complexity index is 434. The van der Waals surface area contributed by atoms with Crippen molar-refractivity contribution in [2.24, 2.45) is 12.8 Å². The molecule has 0 bridgehead atoms. The molecule has 4 nitrogen and oxygen atoms in total. The summed E-state index contributed by atoms with van der Waals surface area (Å²) >= 11 is 0. The number of carbonyl (C=O) groups excluding carboxylic acids is 1. The Morgan fingerprint density at radius 2 is 2.21 bits per heavy atom. The summed E-state index contributed by atoms with van der Waals surface area (Å²) in [6, 6.07) is 4.19. The summed E-state index contributed by atoms with van der Waals surface area (Å²) < 4.78 is 2.14. The maximum absolute atomic E-state index is 8.58. The van der Waals surface area contributed by atoms with E-state index in [0.29, 0.717) is 0 Å². The van der Waals surface area contributed by atoms with Gasteiger partial charge in [0, 0.05) is 24.3 Å². The molecule has 1 amide bonds. The number of aromatic nitrogens is 2. The fraction of sp³-hybridized carbons (Fsp3) is 0.200. The third kappa shape index (κ3) is 1.90. The van der Waals surface area contributed by atoms with E-state index in [9.17, 15) is 0 Å². The molecule has 0 spiro atoms. The number of amides is 1. The number of pyridine rings is 1. The number of nitrogens with zero attached hydrogens (tertiary/aromatic N) is 2. The smallest absolute Gasteiger partial charge is 0.204 e. The van der Waals surface area contributed by atoms with E-state index < -0.39 is 0 Å². The normalized spacial score (nSPS) is 9.29. The SMILES string of the molecule is Cc1cc2ccncc2n1C.NC=O. The molecule has 4 heteroatoms. The van der Waals surface area contributed by atoms with Crippen LogP contribution >= 0.6 is 0 Å². The number of hydrogen-bond acceptors (Lipinski definition) is 2. The zero-order valence-corrected chi connectivity index (χ0v) is 8.27. The van der Waals surface area contributed by atoms with Crippen molar-refractivity contribution in [1.29, 1.82) is 0 Å². The quantitative estimate of drug-likeness (QED) is 0.631. The molecular formula is C10H13N3O. The van der Waals surface area contributed by atoms with Gasteiger partial charge in [0.2, 0.25) is 6.41 Å². The topological polar surface area (TPSA) is 60.9 Å². The average molecular weight is 191 g/mol. The van der Waals surface area contributed by atoms with Crippen LogP contribution in [0, 0.1) is 6.92 Å². The fourth-order valence-electron chi connectivity index (χ4n) is 1.31. The van der Waals surface area contributed by atoms with Crippen molar-refractivity contribution in [2.75, 3.05) is 0 Å². The highest BCUT2D eigenvalue weighted by Gasteiger charge is 1.99. The highest BCUT2D eigenvalue weighted by atomic mass is 16.1. The van der Waals surface area contributed by atoms with Crippen molar-refractivity contribution < 1.29 is 4.79 Å². The van der Waals surface area contributed by atoms with Crippen LogP contribution in [0.3, 0.4) is 0 Å². The van der Waals surface area contributed by atoms with Crippen LogP contribution in [-0.2, 0) is 11.8 Å². The van der Waals surface area contributed by atoms with Gasteiger partial charge in [0.15, 0.2) is 0 Å². The highest BCUT2D eigenvalue weighted by molar-refractivity contribution is 5.79. The molecule has 2 aromatic heterocycles. The van der Waals surface area contributed by atoms with Gasteiger partial charge in [-0.05, 0) is 19.1 Å². The van der Waals surface area contributed by atoms with E-state index in [0.717, 1.165) is 0 Å². The largest absolute Gasteiger partial charge is 0.372 e. The molecule has 0 fully saturated rings. The summed E-state index contributed by atoms with van der Waals surface area (Å²) in [6.07, 6.45) is 3.96. The Hall–Kier alpha value is -1.84. The van der Waals surface area contributed by atoms with E-state index in [1.165, 1.54) is 16.6 Å². The summed E-state index contributed by atoms with van der Waals surface area (Å²) in [5.41, 5.74) is 6.64. The first-order valence-corrected chi connectivity index (χ1v) is 4.22. The zero-order valence-electron chi connectivity index (χ0n) is 8.27. The van der Waals surface area contributed by atoms with Crippen molar-refractivity contribution in [3.63, 3.8) is 0 Å².